The van der Waals surface area contributed by atoms with Gasteiger partial charge in [0.1, 0.15) is 5.69 Å². The van der Waals surface area contributed by atoms with Crippen molar-refractivity contribution in [2.45, 2.75) is 6.18 Å². The maximum atomic E-state index is 12.6. The van der Waals surface area contributed by atoms with E-state index in [1.54, 1.807) is 12.1 Å². The molecule has 0 amide bonds. The lowest BCUT2D eigenvalue weighted by atomic mass is 10.3. The largest absolute Gasteiger partial charge is 0.433 e. The summed E-state index contributed by atoms with van der Waals surface area (Å²) in [6.45, 7) is 0. The van der Waals surface area contributed by atoms with Crippen molar-refractivity contribution in [3.8, 4) is 11.4 Å². The van der Waals surface area contributed by atoms with Crippen molar-refractivity contribution in [1.82, 2.24) is 19.4 Å². The number of rotatable bonds is 1. The molecule has 3 aromatic rings. The van der Waals surface area contributed by atoms with Gasteiger partial charge in [-0.3, -0.25) is 9.38 Å². The summed E-state index contributed by atoms with van der Waals surface area (Å²) >= 11 is 5.86. The number of halogens is 4. The monoisotopic (exact) mass is 298 g/mol. The van der Waals surface area contributed by atoms with Crippen LogP contribution in [0.3, 0.4) is 0 Å². The maximum absolute atomic E-state index is 12.6. The Morgan fingerprint density at radius 2 is 1.95 bits per heavy atom. The number of imidazole rings is 1. The third-order valence-corrected chi connectivity index (χ3v) is 2.89. The summed E-state index contributed by atoms with van der Waals surface area (Å²) in [5.74, 6) is -0.0448. The van der Waals surface area contributed by atoms with Crippen LogP contribution in [-0.2, 0) is 6.18 Å². The van der Waals surface area contributed by atoms with Gasteiger partial charge in [0, 0.05) is 17.4 Å². The predicted octanol–water partition coefficient (Wildman–Crippen LogP) is 3.46. The molecule has 4 nitrogen and oxygen atoms in total. The second-order valence-corrected chi connectivity index (χ2v) is 4.42. The highest BCUT2D eigenvalue weighted by atomic mass is 35.5. The van der Waals surface area contributed by atoms with Gasteiger partial charge in [-0.2, -0.15) is 13.2 Å². The lowest BCUT2D eigenvalue weighted by molar-refractivity contribution is -0.141. The second-order valence-electron chi connectivity index (χ2n) is 3.98. The topological polar surface area (TPSA) is 43.1 Å². The van der Waals surface area contributed by atoms with Crippen molar-refractivity contribution in [3.63, 3.8) is 0 Å². The molecule has 0 aliphatic rings. The van der Waals surface area contributed by atoms with E-state index in [-0.39, 0.29) is 5.78 Å². The number of pyridine rings is 1. The molecule has 0 unspecified atom stereocenters. The molecule has 0 aliphatic heterocycles. The van der Waals surface area contributed by atoms with Gasteiger partial charge in [0.15, 0.2) is 0 Å². The number of nitrogens with zero attached hydrogens (tertiary/aromatic N) is 4. The van der Waals surface area contributed by atoms with Gasteiger partial charge < -0.3 is 0 Å². The van der Waals surface area contributed by atoms with Crippen LogP contribution in [0.25, 0.3) is 17.2 Å². The molecule has 3 aromatic heterocycles. The van der Waals surface area contributed by atoms with Crippen LogP contribution in [0.2, 0.25) is 5.02 Å². The normalized spacial score (nSPS) is 12.0. The average Bonchev–Trinajstić information content (AvgIpc) is 2.80. The summed E-state index contributed by atoms with van der Waals surface area (Å²) in [6, 6.07) is 4.10. The zero-order valence-corrected chi connectivity index (χ0v) is 10.5. The second kappa shape index (κ2) is 4.45. The number of fused-ring (bicyclic) bond motifs is 1. The van der Waals surface area contributed by atoms with Crippen molar-refractivity contribution in [1.29, 1.82) is 0 Å². The molecule has 20 heavy (non-hydrogen) atoms. The summed E-state index contributed by atoms with van der Waals surface area (Å²) in [6.07, 6.45) is -0.325. The first-order valence-electron chi connectivity index (χ1n) is 5.48. The quantitative estimate of drug-likeness (QED) is 0.691. The molecule has 3 rings (SSSR count). The van der Waals surface area contributed by atoms with E-state index in [9.17, 15) is 13.2 Å². The predicted molar refractivity (Wildman–Crippen MR) is 66.2 cm³/mol. The minimum absolute atomic E-state index is 0.0448. The summed E-state index contributed by atoms with van der Waals surface area (Å²) in [7, 11) is 0. The van der Waals surface area contributed by atoms with Crippen molar-refractivity contribution >= 4 is 17.4 Å². The van der Waals surface area contributed by atoms with E-state index in [1.165, 1.54) is 23.0 Å². The minimum atomic E-state index is -4.50. The lowest BCUT2D eigenvalue weighted by Gasteiger charge is -2.06. The zero-order chi connectivity index (χ0) is 14.3. The van der Waals surface area contributed by atoms with E-state index in [1.807, 2.05) is 0 Å². The molecule has 3 heterocycles. The van der Waals surface area contributed by atoms with Crippen LogP contribution in [0.5, 0.6) is 0 Å². The molecule has 0 bridgehead atoms. The fraction of sp³-hybridized carbons (Fsp3) is 0.0833. The Bertz CT molecular complexity index is 782. The van der Waals surface area contributed by atoms with Crippen LogP contribution in [-0.4, -0.2) is 19.4 Å². The first-order valence-corrected chi connectivity index (χ1v) is 5.86. The molecule has 0 atom stereocenters. The van der Waals surface area contributed by atoms with E-state index in [4.69, 9.17) is 11.6 Å². The first-order chi connectivity index (χ1) is 9.45. The van der Waals surface area contributed by atoms with Crippen molar-refractivity contribution in [2.75, 3.05) is 0 Å². The van der Waals surface area contributed by atoms with Crippen LogP contribution in [0.15, 0.2) is 36.8 Å². The molecule has 0 saturated carbocycles. The smallest absolute Gasteiger partial charge is 0.282 e. The number of alkyl halides is 3. The Morgan fingerprint density at radius 1 is 1.15 bits per heavy atom. The first kappa shape index (κ1) is 12.9. The molecule has 0 saturated heterocycles. The molecule has 0 radical (unpaired) electrons. The van der Waals surface area contributed by atoms with E-state index in [0.29, 0.717) is 16.4 Å². The van der Waals surface area contributed by atoms with Crippen LogP contribution in [0.1, 0.15) is 5.69 Å². The summed E-state index contributed by atoms with van der Waals surface area (Å²) in [5, 5.41) is 0.477. The van der Waals surface area contributed by atoms with Gasteiger partial charge >= 0.3 is 6.18 Å². The van der Waals surface area contributed by atoms with E-state index in [0.717, 1.165) is 6.07 Å². The molecule has 8 heteroatoms. The lowest BCUT2D eigenvalue weighted by Crippen LogP contribution is -2.09. The molecule has 102 valence electrons. The van der Waals surface area contributed by atoms with Crippen LogP contribution in [0.4, 0.5) is 13.2 Å². The third-order valence-electron chi connectivity index (χ3n) is 2.65. The summed E-state index contributed by atoms with van der Waals surface area (Å²) < 4.78 is 39.1. The van der Waals surface area contributed by atoms with Crippen LogP contribution in [0, 0.1) is 0 Å². The Kier molecular flexibility index (Phi) is 2.86. The molecule has 0 aliphatic carbocycles. The fourth-order valence-electron chi connectivity index (χ4n) is 1.76. The highest BCUT2D eigenvalue weighted by molar-refractivity contribution is 6.30. The molecule has 0 fully saturated rings. The van der Waals surface area contributed by atoms with Crippen molar-refractivity contribution < 1.29 is 13.2 Å². The van der Waals surface area contributed by atoms with Gasteiger partial charge in [-0.25, -0.2) is 9.97 Å². The Labute approximate surface area is 115 Å². The van der Waals surface area contributed by atoms with Gasteiger partial charge in [-0.1, -0.05) is 11.6 Å². The van der Waals surface area contributed by atoms with Crippen molar-refractivity contribution in [3.05, 3.63) is 47.5 Å². The Hall–Kier alpha value is -2.15. The van der Waals surface area contributed by atoms with Gasteiger partial charge in [-0.05, 0) is 18.2 Å². The van der Waals surface area contributed by atoms with Crippen LogP contribution < -0.4 is 0 Å². The van der Waals surface area contributed by atoms with Gasteiger partial charge in [0.05, 0.1) is 17.6 Å². The highest BCUT2D eigenvalue weighted by Crippen LogP contribution is 2.28. The van der Waals surface area contributed by atoms with E-state index < -0.39 is 11.9 Å². The van der Waals surface area contributed by atoms with E-state index >= 15 is 0 Å². The van der Waals surface area contributed by atoms with Gasteiger partial charge in [-0.15, -0.1) is 0 Å². The molecule has 0 N–H and O–H groups in total. The molecule has 0 spiro atoms. The van der Waals surface area contributed by atoms with Gasteiger partial charge in [0.25, 0.3) is 0 Å². The van der Waals surface area contributed by atoms with Gasteiger partial charge in [0.2, 0.25) is 5.78 Å². The molecular weight excluding hydrogens is 293 g/mol. The summed E-state index contributed by atoms with van der Waals surface area (Å²) in [4.78, 5) is 11.5. The molecular formula is C12H6ClF3N4. The number of aromatic nitrogens is 4. The molecule has 0 aromatic carbocycles. The number of hydrogen-bond donors (Lipinski definition) is 0. The number of hydrogen-bond acceptors (Lipinski definition) is 3. The average molecular weight is 299 g/mol. The third kappa shape index (κ3) is 2.20. The fourth-order valence-corrected chi connectivity index (χ4v) is 1.92. The Balaban J connectivity index is 2.15. The highest BCUT2D eigenvalue weighted by Gasteiger charge is 2.33. The Morgan fingerprint density at radius 3 is 2.65 bits per heavy atom. The standard InChI is InChI=1S/C12H6ClF3N4/c13-7-1-3-17-8(5-7)9-6-18-11-19-10(12(14,15)16)2-4-20(9)11/h1-6H. The summed E-state index contributed by atoms with van der Waals surface area (Å²) in [5.41, 5.74) is 0.0384. The maximum Gasteiger partial charge on any atom is 0.433 e. The zero-order valence-electron chi connectivity index (χ0n) is 9.76. The van der Waals surface area contributed by atoms with Crippen LogP contribution >= 0.6 is 11.6 Å². The van der Waals surface area contributed by atoms with Crippen molar-refractivity contribution in [2.24, 2.45) is 0 Å². The minimum Gasteiger partial charge on any atom is -0.282 e. The SMILES string of the molecule is FC(F)(F)c1ccn2c(-c3cc(Cl)ccn3)cnc2n1. The van der Waals surface area contributed by atoms with E-state index in [2.05, 4.69) is 15.0 Å².